The number of pyridine rings is 1. The zero-order valence-corrected chi connectivity index (χ0v) is 13.6. The molecule has 25 heavy (non-hydrogen) atoms. The first-order valence-electron chi connectivity index (χ1n) is 7.25. The molecule has 0 aliphatic heterocycles. The lowest BCUT2D eigenvalue weighted by Gasteiger charge is -2.10. The fourth-order valence-electron chi connectivity index (χ4n) is 2.05. The van der Waals surface area contributed by atoms with Gasteiger partial charge in [-0.25, -0.2) is 4.98 Å². The summed E-state index contributed by atoms with van der Waals surface area (Å²) in [6, 6.07) is 4.34. The predicted molar refractivity (Wildman–Crippen MR) is 82.4 cm³/mol. The minimum absolute atomic E-state index is 0.0737. The summed E-state index contributed by atoms with van der Waals surface area (Å²) in [4.78, 5) is 27.2. The van der Waals surface area contributed by atoms with Crippen molar-refractivity contribution in [1.29, 1.82) is 0 Å². The molecule has 0 unspecified atom stereocenters. The Morgan fingerprint density at radius 1 is 1.32 bits per heavy atom. The molecule has 0 fully saturated rings. The quantitative estimate of drug-likeness (QED) is 0.808. The molecule has 0 radical (unpaired) electrons. The van der Waals surface area contributed by atoms with Crippen LogP contribution < -0.4 is 10.1 Å². The average molecular weight is 355 g/mol. The van der Waals surface area contributed by atoms with E-state index in [4.69, 9.17) is 0 Å². The van der Waals surface area contributed by atoms with Crippen molar-refractivity contribution in [2.75, 3.05) is 6.61 Å². The first-order chi connectivity index (χ1) is 11.7. The molecule has 0 aliphatic rings. The van der Waals surface area contributed by atoms with E-state index in [0.717, 1.165) is 0 Å². The summed E-state index contributed by atoms with van der Waals surface area (Å²) >= 11 is 0. The number of carbonyl (C=O) groups excluding carboxylic acids is 2. The van der Waals surface area contributed by atoms with Crippen LogP contribution in [0.1, 0.15) is 33.3 Å². The second-order valence-electron chi connectivity index (χ2n) is 5.37. The molecule has 2 heterocycles. The molecule has 0 saturated heterocycles. The van der Waals surface area contributed by atoms with Crippen LogP contribution in [0.25, 0.3) is 0 Å². The Morgan fingerprint density at radius 3 is 2.64 bits per heavy atom. The molecule has 9 heteroatoms. The fraction of sp³-hybridized carbons (Fsp3) is 0.312. The van der Waals surface area contributed by atoms with E-state index in [1.165, 1.54) is 29.8 Å². The largest absolute Gasteiger partial charge is 0.468 e. The molecule has 0 saturated carbocycles. The summed E-state index contributed by atoms with van der Waals surface area (Å²) in [5.41, 5.74) is 1.24. The van der Waals surface area contributed by atoms with E-state index in [9.17, 15) is 22.8 Å². The van der Waals surface area contributed by atoms with Crippen LogP contribution in [0.3, 0.4) is 0 Å². The van der Waals surface area contributed by atoms with Crippen LogP contribution >= 0.6 is 0 Å². The standard InChI is InChI=1S/C16H16F3N3O3/c1-10(23)12-6-13(22(2)8-12)15(24)21-7-11-3-4-20-14(5-11)25-9-16(17,18)19/h3-6,8H,7,9H2,1-2H3,(H,21,24). The first kappa shape index (κ1) is 18.5. The second kappa shape index (κ2) is 7.37. The van der Waals surface area contributed by atoms with E-state index >= 15 is 0 Å². The summed E-state index contributed by atoms with van der Waals surface area (Å²) in [5, 5.41) is 2.63. The van der Waals surface area contributed by atoms with Gasteiger partial charge in [-0.15, -0.1) is 0 Å². The van der Waals surface area contributed by atoms with Crippen molar-refractivity contribution >= 4 is 11.7 Å². The molecule has 0 bridgehead atoms. The van der Waals surface area contributed by atoms with E-state index in [1.54, 1.807) is 19.3 Å². The number of nitrogens with zero attached hydrogens (tertiary/aromatic N) is 2. The van der Waals surface area contributed by atoms with Crippen molar-refractivity contribution in [3.63, 3.8) is 0 Å². The van der Waals surface area contributed by atoms with Crippen molar-refractivity contribution in [3.8, 4) is 5.88 Å². The summed E-state index contributed by atoms with van der Waals surface area (Å²) in [5.74, 6) is -0.749. The highest BCUT2D eigenvalue weighted by atomic mass is 19.4. The third-order valence-electron chi connectivity index (χ3n) is 3.28. The summed E-state index contributed by atoms with van der Waals surface area (Å²) in [7, 11) is 1.64. The third kappa shape index (κ3) is 5.33. The van der Waals surface area contributed by atoms with Crippen molar-refractivity contribution < 1.29 is 27.5 Å². The Bertz CT molecular complexity index is 784. The van der Waals surface area contributed by atoms with Crippen LogP contribution in [0.4, 0.5) is 13.2 Å². The summed E-state index contributed by atoms with van der Waals surface area (Å²) in [6.07, 6.45) is -1.61. The van der Waals surface area contributed by atoms with E-state index in [0.29, 0.717) is 16.8 Å². The number of carbonyl (C=O) groups is 2. The molecule has 0 atom stereocenters. The molecular weight excluding hydrogens is 339 g/mol. The summed E-state index contributed by atoms with van der Waals surface area (Å²) in [6.45, 7) is 0.0355. The van der Waals surface area contributed by atoms with E-state index in [2.05, 4.69) is 15.0 Å². The Labute approximate surface area is 141 Å². The van der Waals surface area contributed by atoms with Gasteiger partial charge >= 0.3 is 6.18 Å². The van der Waals surface area contributed by atoms with Gasteiger partial charge in [-0.1, -0.05) is 0 Å². The highest BCUT2D eigenvalue weighted by Gasteiger charge is 2.28. The Balaban J connectivity index is 1.99. The lowest BCUT2D eigenvalue weighted by atomic mass is 10.2. The minimum Gasteiger partial charge on any atom is -0.468 e. The number of rotatable bonds is 6. The topological polar surface area (TPSA) is 73.2 Å². The van der Waals surface area contributed by atoms with E-state index < -0.39 is 18.7 Å². The molecule has 2 rings (SSSR count). The second-order valence-corrected chi connectivity index (χ2v) is 5.37. The zero-order valence-electron chi connectivity index (χ0n) is 13.6. The number of Topliss-reactive ketones (excluding diaryl/α,β-unsaturated/α-hetero) is 1. The van der Waals surface area contributed by atoms with Crippen molar-refractivity contribution in [3.05, 3.63) is 47.4 Å². The number of hydrogen-bond donors (Lipinski definition) is 1. The smallest absolute Gasteiger partial charge is 0.422 e. The van der Waals surface area contributed by atoms with Gasteiger partial charge in [-0.3, -0.25) is 9.59 Å². The van der Waals surface area contributed by atoms with Gasteiger partial charge in [0.1, 0.15) is 5.69 Å². The molecule has 1 N–H and O–H groups in total. The zero-order chi connectivity index (χ0) is 18.6. The number of alkyl halides is 3. The van der Waals surface area contributed by atoms with Crippen molar-refractivity contribution in [2.45, 2.75) is 19.6 Å². The third-order valence-corrected chi connectivity index (χ3v) is 3.28. The molecule has 0 spiro atoms. The van der Waals surface area contributed by atoms with Gasteiger partial charge in [0.25, 0.3) is 5.91 Å². The average Bonchev–Trinajstić information content (AvgIpc) is 2.93. The highest BCUT2D eigenvalue weighted by molar-refractivity contribution is 5.99. The SMILES string of the molecule is CC(=O)c1cc(C(=O)NCc2ccnc(OCC(F)(F)F)c2)n(C)c1. The Hall–Kier alpha value is -2.84. The maximum absolute atomic E-state index is 12.2. The van der Waals surface area contributed by atoms with Gasteiger partial charge in [0, 0.05) is 37.6 Å². The number of ketones is 1. The number of aryl methyl sites for hydroxylation is 1. The van der Waals surface area contributed by atoms with Crippen LogP contribution in [0.2, 0.25) is 0 Å². The van der Waals surface area contributed by atoms with Gasteiger partial charge in [-0.2, -0.15) is 13.2 Å². The maximum atomic E-state index is 12.2. The number of aromatic nitrogens is 2. The van der Waals surface area contributed by atoms with Gasteiger partial charge in [0.2, 0.25) is 5.88 Å². The normalized spacial score (nSPS) is 11.2. The molecule has 6 nitrogen and oxygen atoms in total. The van der Waals surface area contributed by atoms with Gasteiger partial charge in [0.15, 0.2) is 12.4 Å². The maximum Gasteiger partial charge on any atom is 0.422 e. The van der Waals surface area contributed by atoms with Crippen molar-refractivity contribution in [2.24, 2.45) is 7.05 Å². The first-order valence-corrected chi connectivity index (χ1v) is 7.25. The monoisotopic (exact) mass is 355 g/mol. The van der Waals surface area contributed by atoms with Gasteiger partial charge in [0.05, 0.1) is 0 Å². The lowest BCUT2D eigenvalue weighted by Crippen LogP contribution is -2.25. The molecule has 2 aromatic rings. The van der Waals surface area contributed by atoms with Gasteiger partial charge in [-0.05, 0) is 24.6 Å². The molecular formula is C16H16F3N3O3. The number of hydrogen-bond acceptors (Lipinski definition) is 4. The van der Waals surface area contributed by atoms with Crippen LogP contribution in [0.15, 0.2) is 30.6 Å². The lowest BCUT2D eigenvalue weighted by molar-refractivity contribution is -0.154. The highest BCUT2D eigenvalue weighted by Crippen LogP contribution is 2.17. The summed E-state index contributed by atoms with van der Waals surface area (Å²) < 4.78 is 42.5. The van der Waals surface area contributed by atoms with E-state index in [-0.39, 0.29) is 18.2 Å². The van der Waals surface area contributed by atoms with Crippen LogP contribution in [0.5, 0.6) is 5.88 Å². The van der Waals surface area contributed by atoms with Crippen LogP contribution in [-0.2, 0) is 13.6 Å². The minimum atomic E-state index is -4.45. The fourth-order valence-corrected chi connectivity index (χ4v) is 2.05. The van der Waals surface area contributed by atoms with Crippen molar-refractivity contribution in [1.82, 2.24) is 14.9 Å². The number of halogens is 3. The molecule has 2 aromatic heterocycles. The Morgan fingerprint density at radius 2 is 2.04 bits per heavy atom. The number of ether oxygens (including phenoxy) is 1. The Kier molecular flexibility index (Phi) is 5.45. The molecule has 0 aliphatic carbocycles. The van der Waals surface area contributed by atoms with E-state index in [1.807, 2.05) is 0 Å². The van der Waals surface area contributed by atoms with Crippen LogP contribution in [-0.4, -0.2) is 34.0 Å². The molecule has 134 valence electrons. The van der Waals surface area contributed by atoms with Crippen LogP contribution in [0, 0.1) is 0 Å². The predicted octanol–water partition coefficient (Wildman–Crippen LogP) is 2.49. The molecule has 0 aromatic carbocycles. The number of nitrogens with one attached hydrogen (secondary N) is 1. The number of amides is 1. The van der Waals surface area contributed by atoms with Gasteiger partial charge < -0.3 is 14.6 Å². The molecule has 1 amide bonds.